The molecule has 1 N–H and O–H groups in total. The van der Waals surface area contributed by atoms with E-state index in [2.05, 4.69) is 38.3 Å². The van der Waals surface area contributed by atoms with Crippen molar-refractivity contribution in [3.63, 3.8) is 0 Å². The Balaban J connectivity index is 2.89. The SMILES string of the molecule is Cc1cn(C(C)C)c2c(C(=O)O)cc(C(C)C)cc12. The van der Waals surface area contributed by atoms with Crippen molar-refractivity contribution in [2.24, 2.45) is 0 Å². The average Bonchev–Trinajstić information content (AvgIpc) is 2.66. The molecule has 3 nitrogen and oxygen atoms in total. The van der Waals surface area contributed by atoms with Crippen molar-refractivity contribution >= 4 is 16.9 Å². The molecule has 2 aromatic rings. The van der Waals surface area contributed by atoms with Crippen LogP contribution < -0.4 is 0 Å². The first kappa shape index (κ1) is 13.7. The summed E-state index contributed by atoms with van der Waals surface area (Å²) in [4.78, 5) is 11.6. The number of fused-ring (bicyclic) bond motifs is 1. The molecule has 0 fully saturated rings. The van der Waals surface area contributed by atoms with Crippen LogP contribution in [-0.2, 0) is 0 Å². The minimum Gasteiger partial charge on any atom is -0.478 e. The molecule has 0 amide bonds. The number of aryl methyl sites for hydroxylation is 1. The van der Waals surface area contributed by atoms with Crippen molar-refractivity contribution in [1.29, 1.82) is 0 Å². The average molecular weight is 259 g/mol. The number of nitrogens with zero attached hydrogens (tertiary/aromatic N) is 1. The van der Waals surface area contributed by atoms with E-state index in [1.54, 1.807) is 0 Å². The summed E-state index contributed by atoms with van der Waals surface area (Å²) in [5.41, 5.74) is 3.45. The van der Waals surface area contributed by atoms with Crippen molar-refractivity contribution in [2.45, 2.75) is 46.6 Å². The van der Waals surface area contributed by atoms with Crippen LogP contribution in [-0.4, -0.2) is 15.6 Å². The Morgan fingerprint density at radius 2 is 1.84 bits per heavy atom. The van der Waals surface area contributed by atoms with E-state index in [1.165, 1.54) is 0 Å². The van der Waals surface area contributed by atoms with Crippen LogP contribution in [0, 0.1) is 6.92 Å². The highest BCUT2D eigenvalue weighted by atomic mass is 16.4. The number of hydrogen-bond acceptors (Lipinski definition) is 1. The summed E-state index contributed by atoms with van der Waals surface area (Å²) in [6.45, 7) is 10.3. The van der Waals surface area contributed by atoms with Crippen molar-refractivity contribution in [3.8, 4) is 0 Å². The van der Waals surface area contributed by atoms with Gasteiger partial charge in [0.2, 0.25) is 0 Å². The van der Waals surface area contributed by atoms with Gasteiger partial charge in [0, 0.05) is 17.6 Å². The number of carboxylic acid groups (broad SMARTS) is 1. The van der Waals surface area contributed by atoms with Gasteiger partial charge in [0.25, 0.3) is 0 Å². The highest BCUT2D eigenvalue weighted by Gasteiger charge is 2.18. The number of benzene rings is 1. The molecule has 0 unspecified atom stereocenters. The zero-order valence-electron chi connectivity index (χ0n) is 12.2. The Labute approximate surface area is 113 Å². The number of aromatic nitrogens is 1. The molecule has 0 saturated carbocycles. The molecule has 0 bridgehead atoms. The third-order valence-corrected chi connectivity index (χ3v) is 3.60. The van der Waals surface area contributed by atoms with Gasteiger partial charge >= 0.3 is 5.97 Å². The lowest BCUT2D eigenvalue weighted by atomic mass is 9.97. The van der Waals surface area contributed by atoms with Gasteiger partial charge in [-0.1, -0.05) is 13.8 Å². The minimum atomic E-state index is -0.854. The van der Waals surface area contributed by atoms with Crippen LogP contribution in [0.5, 0.6) is 0 Å². The Morgan fingerprint density at radius 3 is 2.32 bits per heavy atom. The fraction of sp³-hybridized carbons (Fsp3) is 0.438. The maximum atomic E-state index is 11.6. The van der Waals surface area contributed by atoms with Gasteiger partial charge in [-0.15, -0.1) is 0 Å². The number of rotatable bonds is 3. The quantitative estimate of drug-likeness (QED) is 0.890. The normalized spacial score (nSPS) is 11.7. The van der Waals surface area contributed by atoms with Crippen LogP contribution in [0.2, 0.25) is 0 Å². The lowest BCUT2D eigenvalue weighted by molar-refractivity contribution is 0.0698. The topological polar surface area (TPSA) is 42.2 Å². The molecule has 0 atom stereocenters. The molecule has 0 spiro atoms. The summed E-state index contributed by atoms with van der Waals surface area (Å²) in [7, 11) is 0. The molecule has 0 aliphatic rings. The molecule has 19 heavy (non-hydrogen) atoms. The van der Waals surface area contributed by atoms with E-state index in [0.29, 0.717) is 11.5 Å². The molecule has 1 aromatic carbocycles. The van der Waals surface area contributed by atoms with E-state index < -0.39 is 5.97 Å². The summed E-state index contributed by atoms with van der Waals surface area (Å²) in [6, 6.07) is 4.19. The monoisotopic (exact) mass is 259 g/mol. The van der Waals surface area contributed by atoms with Gasteiger partial charge < -0.3 is 9.67 Å². The number of aromatic carboxylic acids is 1. The third-order valence-electron chi connectivity index (χ3n) is 3.60. The minimum absolute atomic E-state index is 0.249. The van der Waals surface area contributed by atoms with Crippen molar-refractivity contribution < 1.29 is 9.90 Å². The zero-order chi connectivity index (χ0) is 14.3. The van der Waals surface area contributed by atoms with E-state index in [1.807, 2.05) is 19.2 Å². The summed E-state index contributed by atoms with van der Waals surface area (Å²) in [5, 5.41) is 10.5. The first-order chi connectivity index (χ1) is 8.82. The van der Waals surface area contributed by atoms with Crippen molar-refractivity contribution in [1.82, 2.24) is 4.57 Å². The summed E-state index contributed by atoms with van der Waals surface area (Å²) >= 11 is 0. The van der Waals surface area contributed by atoms with Crippen LogP contribution in [0.4, 0.5) is 0 Å². The molecular weight excluding hydrogens is 238 g/mol. The van der Waals surface area contributed by atoms with Crippen LogP contribution >= 0.6 is 0 Å². The Hall–Kier alpha value is -1.77. The standard InChI is InChI=1S/C16H21NO2/c1-9(2)12-6-13-11(5)8-17(10(3)4)15(13)14(7-12)16(18)19/h6-10H,1-5H3,(H,18,19). The molecule has 0 aliphatic carbocycles. The third kappa shape index (κ3) is 2.25. The molecule has 2 rings (SSSR count). The smallest absolute Gasteiger partial charge is 0.337 e. The fourth-order valence-electron chi connectivity index (χ4n) is 2.48. The van der Waals surface area contributed by atoms with Crippen molar-refractivity contribution in [2.75, 3.05) is 0 Å². The Kier molecular flexibility index (Phi) is 3.40. The van der Waals surface area contributed by atoms with Crippen molar-refractivity contribution in [3.05, 3.63) is 35.0 Å². The summed E-state index contributed by atoms with van der Waals surface area (Å²) < 4.78 is 2.05. The van der Waals surface area contributed by atoms with Gasteiger partial charge in [-0.3, -0.25) is 0 Å². The molecule has 0 radical (unpaired) electrons. The number of carbonyl (C=O) groups is 1. The lowest BCUT2D eigenvalue weighted by Crippen LogP contribution is -2.06. The first-order valence-corrected chi connectivity index (χ1v) is 6.71. The highest BCUT2D eigenvalue weighted by molar-refractivity contribution is 6.04. The van der Waals surface area contributed by atoms with E-state index in [4.69, 9.17) is 0 Å². The van der Waals surface area contributed by atoms with E-state index in [-0.39, 0.29) is 6.04 Å². The molecule has 1 heterocycles. The van der Waals surface area contributed by atoms with E-state index in [9.17, 15) is 9.90 Å². The second kappa shape index (κ2) is 4.72. The first-order valence-electron chi connectivity index (χ1n) is 6.71. The molecule has 0 saturated heterocycles. The molecule has 102 valence electrons. The summed E-state index contributed by atoms with van der Waals surface area (Å²) in [5.74, 6) is -0.531. The van der Waals surface area contributed by atoms with Crippen LogP contribution in [0.25, 0.3) is 10.9 Å². The van der Waals surface area contributed by atoms with Gasteiger partial charge in [0.1, 0.15) is 0 Å². The summed E-state index contributed by atoms with van der Waals surface area (Å²) in [6.07, 6.45) is 2.05. The van der Waals surface area contributed by atoms with Gasteiger partial charge in [0.05, 0.1) is 11.1 Å². The lowest BCUT2D eigenvalue weighted by Gasteiger charge is -2.13. The van der Waals surface area contributed by atoms with Gasteiger partial charge in [0.15, 0.2) is 0 Å². The Bertz CT molecular complexity index is 636. The zero-order valence-corrected chi connectivity index (χ0v) is 12.2. The van der Waals surface area contributed by atoms with Crippen LogP contribution in [0.15, 0.2) is 18.3 Å². The molecule has 1 aromatic heterocycles. The van der Waals surface area contributed by atoms with Crippen LogP contribution in [0.3, 0.4) is 0 Å². The van der Waals surface area contributed by atoms with E-state index in [0.717, 1.165) is 22.0 Å². The molecule has 0 aliphatic heterocycles. The predicted molar refractivity (Wildman–Crippen MR) is 78.1 cm³/mol. The highest BCUT2D eigenvalue weighted by Crippen LogP contribution is 2.31. The second-order valence-electron chi connectivity index (χ2n) is 5.74. The van der Waals surface area contributed by atoms with Crippen LogP contribution in [0.1, 0.15) is 61.1 Å². The largest absolute Gasteiger partial charge is 0.478 e. The van der Waals surface area contributed by atoms with Gasteiger partial charge in [-0.05, 0) is 49.9 Å². The maximum absolute atomic E-state index is 11.6. The van der Waals surface area contributed by atoms with E-state index >= 15 is 0 Å². The fourth-order valence-corrected chi connectivity index (χ4v) is 2.48. The van der Waals surface area contributed by atoms with Gasteiger partial charge in [-0.2, -0.15) is 0 Å². The maximum Gasteiger partial charge on any atom is 0.337 e. The molecule has 3 heteroatoms. The second-order valence-corrected chi connectivity index (χ2v) is 5.74. The number of carboxylic acids is 1. The van der Waals surface area contributed by atoms with Gasteiger partial charge in [-0.25, -0.2) is 4.79 Å². The predicted octanol–water partition coefficient (Wildman–Crippen LogP) is 4.35. The molecular formula is C16H21NO2. The number of hydrogen-bond donors (Lipinski definition) is 1. The Morgan fingerprint density at radius 1 is 1.21 bits per heavy atom.